The molecule has 0 fully saturated rings. The van der Waals surface area contributed by atoms with Crippen LogP contribution < -0.4 is 14.8 Å². The van der Waals surface area contributed by atoms with Gasteiger partial charge < -0.3 is 19.2 Å². The zero-order valence-corrected chi connectivity index (χ0v) is 13.8. The lowest BCUT2D eigenvalue weighted by molar-refractivity contribution is 0.102. The summed E-state index contributed by atoms with van der Waals surface area (Å²) < 4.78 is 16.5. The number of halogens is 1. The molecule has 0 aliphatic carbocycles. The minimum Gasteiger partial charge on any atom is -0.497 e. The fourth-order valence-electron chi connectivity index (χ4n) is 1.99. The smallest absolute Gasteiger partial charge is 0.260 e. The number of hydrogen-bond donors (Lipinski definition) is 1. The lowest BCUT2D eigenvalue weighted by Crippen LogP contribution is -2.13. The molecule has 5 nitrogen and oxygen atoms in total. The van der Waals surface area contributed by atoms with Gasteiger partial charge in [0.25, 0.3) is 5.91 Å². The molecule has 6 heteroatoms. The summed E-state index contributed by atoms with van der Waals surface area (Å²) in [5.74, 6) is 2.17. The van der Waals surface area contributed by atoms with Crippen LogP contribution in [0.5, 0.6) is 11.5 Å². The van der Waals surface area contributed by atoms with Gasteiger partial charge in [-0.2, -0.15) is 0 Å². The van der Waals surface area contributed by atoms with E-state index in [0.29, 0.717) is 38.7 Å². The second kappa shape index (κ2) is 6.22. The van der Waals surface area contributed by atoms with E-state index >= 15 is 0 Å². The van der Waals surface area contributed by atoms with Crippen molar-refractivity contribution in [1.82, 2.24) is 0 Å². The second-order valence-corrected chi connectivity index (χ2v) is 5.25. The minimum absolute atomic E-state index is 0.258. The number of nitrogens with one attached hydrogen (secondary N) is 1. The minimum atomic E-state index is -0.258. The number of ether oxygens (including phenoxy) is 2. The monoisotopic (exact) mass is 353 g/mol. The largest absolute Gasteiger partial charge is 0.497 e. The van der Waals surface area contributed by atoms with Crippen LogP contribution in [0.2, 0.25) is 0 Å². The van der Waals surface area contributed by atoms with Crippen LogP contribution in [0.25, 0.3) is 0 Å². The molecular weight excluding hydrogens is 338 g/mol. The van der Waals surface area contributed by atoms with Crippen molar-refractivity contribution in [2.75, 3.05) is 19.5 Å². The Morgan fingerprint density at radius 2 is 1.67 bits per heavy atom. The van der Waals surface area contributed by atoms with E-state index in [0.717, 1.165) is 0 Å². The molecule has 0 aliphatic rings. The number of hydrogen-bond acceptors (Lipinski definition) is 4. The topological polar surface area (TPSA) is 60.7 Å². The molecule has 0 spiro atoms. The highest BCUT2D eigenvalue weighted by Crippen LogP contribution is 2.30. The van der Waals surface area contributed by atoms with Crippen LogP contribution in [0.4, 0.5) is 5.69 Å². The quantitative estimate of drug-likeness (QED) is 0.904. The average Bonchev–Trinajstić information content (AvgIpc) is 2.71. The van der Waals surface area contributed by atoms with Crippen LogP contribution >= 0.6 is 15.9 Å². The molecule has 1 aromatic carbocycles. The van der Waals surface area contributed by atoms with E-state index in [9.17, 15) is 4.79 Å². The molecule has 2 aromatic rings. The summed E-state index contributed by atoms with van der Waals surface area (Å²) in [7, 11) is 3.11. The Hall–Kier alpha value is -1.95. The van der Waals surface area contributed by atoms with Gasteiger partial charge in [-0.3, -0.25) is 4.79 Å². The van der Waals surface area contributed by atoms with Crippen LogP contribution in [-0.2, 0) is 0 Å². The lowest BCUT2D eigenvalue weighted by Gasteiger charge is -2.09. The van der Waals surface area contributed by atoms with Gasteiger partial charge >= 0.3 is 0 Å². The first-order valence-electron chi connectivity index (χ1n) is 6.26. The number of anilines is 1. The summed E-state index contributed by atoms with van der Waals surface area (Å²) in [6.45, 7) is 3.54. The van der Waals surface area contributed by atoms with E-state index < -0.39 is 0 Å². The number of amides is 1. The van der Waals surface area contributed by atoms with E-state index in [2.05, 4.69) is 21.2 Å². The van der Waals surface area contributed by atoms with Crippen molar-refractivity contribution >= 4 is 27.5 Å². The number of benzene rings is 1. The molecule has 2 rings (SSSR count). The van der Waals surface area contributed by atoms with Crippen molar-refractivity contribution in [3.63, 3.8) is 0 Å². The lowest BCUT2D eigenvalue weighted by atomic mass is 10.2. The predicted molar refractivity (Wildman–Crippen MR) is 83.4 cm³/mol. The molecule has 1 N–H and O–H groups in total. The van der Waals surface area contributed by atoms with Crippen LogP contribution in [0.15, 0.2) is 27.1 Å². The molecule has 21 heavy (non-hydrogen) atoms. The summed E-state index contributed by atoms with van der Waals surface area (Å²) in [6, 6.07) is 5.17. The van der Waals surface area contributed by atoms with Crippen molar-refractivity contribution in [2.45, 2.75) is 13.8 Å². The van der Waals surface area contributed by atoms with Gasteiger partial charge in [0.2, 0.25) is 0 Å². The third kappa shape index (κ3) is 3.21. The van der Waals surface area contributed by atoms with Gasteiger partial charge in [0.1, 0.15) is 23.0 Å². The number of methoxy groups -OCH3 is 2. The Balaban J connectivity index is 2.31. The van der Waals surface area contributed by atoms with E-state index in [-0.39, 0.29) is 5.91 Å². The maximum atomic E-state index is 12.4. The highest BCUT2D eigenvalue weighted by atomic mass is 79.9. The highest BCUT2D eigenvalue weighted by Gasteiger charge is 2.20. The maximum Gasteiger partial charge on any atom is 0.260 e. The Bertz CT molecular complexity index is 656. The summed E-state index contributed by atoms with van der Waals surface area (Å²) >= 11 is 3.37. The van der Waals surface area contributed by atoms with Gasteiger partial charge in [-0.05, 0) is 29.8 Å². The molecule has 1 amide bonds. The first-order chi connectivity index (χ1) is 9.96. The standard InChI is InChI=1S/C15H16BrNO4/c1-8-13(14(16)9(2)21-8)15(18)17-10-5-11(19-3)7-12(6-10)20-4/h5-7H,1-4H3,(H,17,18). The fraction of sp³-hybridized carbons (Fsp3) is 0.267. The highest BCUT2D eigenvalue weighted by molar-refractivity contribution is 9.10. The van der Waals surface area contributed by atoms with Gasteiger partial charge in [-0.1, -0.05) is 0 Å². The molecular formula is C15H16BrNO4. The molecule has 0 aliphatic heterocycles. The van der Waals surface area contributed by atoms with Crippen molar-refractivity contribution in [3.8, 4) is 11.5 Å². The number of furan rings is 1. The van der Waals surface area contributed by atoms with Gasteiger partial charge in [-0.15, -0.1) is 0 Å². The number of rotatable bonds is 4. The Morgan fingerprint density at radius 3 is 2.10 bits per heavy atom. The zero-order valence-electron chi connectivity index (χ0n) is 12.2. The van der Waals surface area contributed by atoms with E-state index in [4.69, 9.17) is 13.9 Å². The maximum absolute atomic E-state index is 12.4. The van der Waals surface area contributed by atoms with Gasteiger partial charge in [-0.25, -0.2) is 0 Å². The molecule has 112 valence electrons. The Kier molecular flexibility index (Phi) is 4.57. The van der Waals surface area contributed by atoms with Crippen molar-refractivity contribution in [3.05, 3.63) is 39.8 Å². The summed E-state index contributed by atoms with van der Waals surface area (Å²) in [5.41, 5.74) is 1.07. The fourth-order valence-corrected chi connectivity index (χ4v) is 2.53. The summed E-state index contributed by atoms with van der Waals surface area (Å²) in [5, 5.41) is 2.81. The molecule has 0 saturated carbocycles. The molecule has 0 saturated heterocycles. The van der Waals surface area contributed by atoms with Crippen LogP contribution in [0, 0.1) is 13.8 Å². The summed E-state index contributed by atoms with van der Waals surface area (Å²) in [4.78, 5) is 12.4. The molecule has 0 radical (unpaired) electrons. The Labute approximate surface area is 131 Å². The van der Waals surface area contributed by atoms with Crippen molar-refractivity contribution < 1.29 is 18.7 Å². The SMILES string of the molecule is COc1cc(NC(=O)c2c(C)oc(C)c2Br)cc(OC)c1. The summed E-state index contributed by atoms with van der Waals surface area (Å²) in [6.07, 6.45) is 0. The average molecular weight is 354 g/mol. The molecule has 0 atom stereocenters. The number of carbonyl (C=O) groups is 1. The third-order valence-electron chi connectivity index (χ3n) is 3.02. The third-order valence-corrected chi connectivity index (χ3v) is 3.98. The van der Waals surface area contributed by atoms with Crippen molar-refractivity contribution in [1.29, 1.82) is 0 Å². The van der Waals surface area contributed by atoms with E-state index in [1.807, 2.05) is 0 Å². The van der Waals surface area contributed by atoms with Crippen LogP contribution in [0.1, 0.15) is 21.9 Å². The first-order valence-corrected chi connectivity index (χ1v) is 7.05. The molecule has 1 aromatic heterocycles. The number of aryl methyl sites for hydroxylation is 2. The van der Waals surface area contributed by atoms with Gasteiger partial charge in [0, 0.05) is 23.9 Å². The Morgan fingerprint density at radius 1 is 1.10 bits per heavy atom. The first kappa shape index (κ1) is 15.4. The zero-order chi connectivity index (χ0) is 15.6. The van der Waals surface area contributed by atoms with E-state index in [1.54, 1.807) is 46.3 Å². The second-order valence-electron chi connectivity index (χ2n) is 4.46. The van der Waals surface area contributed by atoms with Crippen LogP contribution in [-0.4, -0.2) is 20.1 Å². The molecule has 1 heterocycles. The van der Waals surface area contributed by atoms with Gasteiger partial charge in [0.05, 0.1) is 24.3 Å². The normalized spacial score (nSPS) is 10.3. The number of carbonyl (C=O) groups excluding carboxylic acids is 1. The van der Waals surface area contributed by atoms with Gasteiger partial charge in [0.15, 0.2) is 0 Å². The molecule has 0 unspecified atom stereocenters. The van der Waals surface area contributed by atoms with Crippen molar-refractivity contribution in [2.24, 2.45) is 0 Å². The van der Waals surface area contributed by atoms with Crippen LogP contribution in [0.3, 0.4) is 0 Å². The predicted octanol–water partition coefficient (Wildman–Crippen LogP) is 3.93. The molecule has 0 bridgehead atoms. The van der Waals surface area contributed by atoms with E-state index in [1.165, 1.54) is 0 Å².